The first-order chi connectivity index (χ1) is 11.5. The Bertz CT molecular complexity index is 962. The number of carbonyl (C=O) groups excluding carboxylic acids is 1. The van der Waals surface area contributed by atoms with E-state index >= 15 is 0 Å². The molecule has 1 aromatic heterocycles. The van der Waals surface area contributed by atoms with Crippen LogP contribution in [-0.4, -0.2) is 12.5 Å². The summed E-state index contributed by atoms with van der Waals surface area (Å²) in [7, 11) is 0. The Morgan fingerprint density at radius 3 is 2.75 bits per heavy atom. The number of rotatable bonds is 4. The fraction of sp³-hybridized carbons (Fsp3) is 0.158. The van der Waals surface area contributed by atoms with Crippen molar-refractivity contribution in [2.24, 2.45) is 0 Å². The predicted molar refractivity (Wildman–Crippen MR) is 89.7 cm³/mol. The number of hydrogen-bond donors (Lipinski definition) is 1. The molecule has 3 aromatic rings. The number of amides is 1. The van der Waals surface area contributed by atoms with Crippen LogP contribution in [0, 0.1) is 12.7 Å². The van der Waals surface area contributed by atoms with Crippen molar-refractivity contribution in [1.82, 2.24) is 5.32 Å². The summed E-state index contributed by atoms with van der Waals surface area (Å²) in [6.07, 6.45) is 0.357. The van der Waals surface area contributed by atoms with E-state index in [2.05, 4.69) is 5.32 Å². The van der Waals surface area contributed by atoms with Gasteiger partial charge in [0, 0.05) is 12.6 Å². The zero-order chi connectivity index (χ0) is 17.1. The van der Waals surface area contributed by atoms with E-state index in [4.69, 9.17) is 4.42 Å². The second-order valence-electron chi connectivity index (χ2n) is 5.57. The summed E-state index contributed by atoms with van der Waals surface area (Å²) >= 11 is 0. The summed E-state index contributed by atoms with van der Waals surface area (Å²) in [6.45, 7) is 2.12. The highest BCUT2D eigenvalue weighted by atomic mass is 19.1. The van der Waals surface area contributed by atoms with Gasteiger partial charge in [0.15, 0.2) is 11.2 Å². The zero-order valence-corrected chi connectivity index (χ0v) is 13.1. The third-order valence-electron chi connectivity index (χ3n) is 3.74. The lowest BCUT2D eigenvalue weighted by atomic mass is 10.1. The van der Waals surface area contributed by atoms with E-state index in [9.17, 15) is 14.0 Å². The second-order valence-corrected chi connectivity index (χ2v) is 5.57. The summed E-state index contributed by atoms with van der Waals surface area (Å²) in [5, 5.41) is 3.08. The summed E-state index contributed by atoms with van der Waals surface area (Å²) in [5.41, 5.74) is 1.57. The van der Waals surface area contributed by atoms with Crippen LogP contribution in [0.2, 0.25) is 0 Å². The van der Waals surface area contributed by atoms with Gasteiger partial charge >= 0.3 is 0 Å². The van der Waals surface area contributed by atoms with Gasteiger partial charge in [-0.15, -0.1) is 0 Å². The number of carbonyl (C=O) groups is 1. The van der Waals surface area contributed by atoms with Gasteiger partial charge in [0.2, 0.25) is 0 Å². The summed E-state index contributed by atoms with van der Waals surface area (Å²) < 4.78 is 19.0. The molecule has 0 bridgehead atoms. The lowest BCUT2D eigenvalue weighted by molar-refractivity contribution is 0.0927. The molecule has 0 radical (unpaired) electrons. The molecule has 1 N–H and O–H groups in total. The van der Waals surface area contributed by atoms with Crippen molar-refractivity contribution in [3.05, 3.63) is 81.5 Å². The first kappa shape index (κ1) is 15.9. The van der Waals surface area contributed by atoms with Crippen LogP contribution < -0.4 is 10.7 Å². The third-order valence-corrected chi connectivity index (χ3v) is 3.74. The predicted octanol–water partition coefficient (Wildman–Crippen LogP) is 3.21. The standard InChI is InChI=1S/C19H16FNO3/c1-12-6-7-17-14(10-12)16(22)11-18(24-17)19(23)21-9-8-13-4-2-3-5-15(13)20/h2-7,10-11H,8-9H2,1H3,(H,21,23). The Hall–Kier alpha value is -2.95. The van der Waals surface area contributed by atoms with Gasteiger partial charge in [0.05, 0.1) is 5.39 Å². The van der Waals surface area contributed by atoms with Gasteiger partial charge in [0.1, 0.15) is 11.4 Å². The molecule has 122 valence electrons. The maximum Gasteiger partial charge on any atom is 0.287 e. The number of fused-ring (bicyclic) bond motifs is 1. The average Bonchev–Trinajstić information content (AvgIpc) is 2.57. The molecule has 0 saturated carbocycles. The van der Waals surface area contributed by atoms with E-state index in [1.165, 1.54) is 12.1 Å². The van der Waals surface area contributed by atoms with Crippen molar-refractivity contribution in [1.29, 1.82) is 0 Å². The van der Waals surface area contributed by atoms with E-state index in [-0.39, 0.29) is 23.6 Å². The van der Waals surface area contributed by atoms with Gasteiger partial charge in [-0.1, -0.05) is 29.8 Å². The second kappa shape index (κ2) is 6.66. The van der Waals surface area contributed by atoms with Gasteiger partial charge in [-0.25, -0.2) is 4.39 Å². The SMILES string of the molecule is Cc1ccc2oc(C(=O)NCCc3ccccc3F)cc(=O)c2c1. The van der Waals surface area contributed by atoms with Crippen LogP contribution in [0.15, 0.2) is 57.7 Å². The van der Waals surface area contributed by atoms with Crippen LogP contribution in [0.1, 0.15) is 21.7 Å². The van der Waals surface area contributed by atoms with Crippen LogP contribution >= 0.6 is 0 Å². The smallest absolute Gasteiger partial charge is 0.287 e. The molecule has 5 heteroatoms. The molecule has 4 nitrogen and oxygen atoms in total. The molecule has 0 fully saturated rings. The van der Waals surface area contributed by atoms with Gasteiger partial charge in [-0.05, 0) is 37.1 Å². The Morgan fingerprint density at radius 2 is 1.96 bits per heavy atom. The lowest BCUT2D eigenvalue weighted by Crippen LogP contribution is -2.26. The third kappa shape index (κ3) is 3.35. The molecule has 0 saturated heterocycles. The first-order valence-corrected chi connectivity index (χ1v) is 7.61. The van der Waals surface area contributed by atoms with E-state index in [0.29, 0.717) is 23.0 Å². The summed E-state index contributed by atoms with van der Waals surface area (Å²) in [6, 6.07) is 12.8. The fourth-order valence-corrected chi connectivity index (χ4v) is 2.48. The molecule has 0 aliphatic rings. The Balaban J connectivity index is 1.73. The van der Waals surface area contributed by atoms with Gasteiger partial charge < -0.3 is 9.73 Å². The molecule has 0 atom stereocenters. The molecule has 1 heterocycles. The van der Waals surface area contributed by atoms with Crippen LogP contribution in [0.4, 0.5) is 4.39 Å². The molecular formula is C19H16FNO3. The van der Waals surface area contributed by atoms with E-state index < -0.39 is 5.91 Å². The summed E-state index contributed by atoms with van der Waals surface area (Å²) in [4.78, 5) is 24.3. The zero-order valence-electron chi connectivity index (χ0n) is 13.1. The van der Waals surface area contributed by atoms with Crippen molar-refractivity contribution in [2.45, 2.75) is 13.3 Å². The minimum atomic E-state index is -0.495. The van der Waals surface area contributed by atoms with Crippen molar-refractivity contribution >= 4 is 16.9 Å². The van der Waals surface area contributed by atoms with E-state index in [0.717, 1.165) is 5.56 Å². The quantitative estimate of drug-likeness (QED) is 0.801. The van der Waals surface area contributed by atoms with Gasteiger partial charge in [0.25, 0.3) is 5.91 Å². The van der Waals surface area contributed by atoms with Crippen LogP contribution in [-0.2, 0) is 6.42 Å². The topological polar surface area (TPSA) is 59.3 Å². The molecule has 0 aliphatic heterocycles. The Labute approximate surface area is 137 Å². The monoisotopic (exact) mass is 325 g/mol. The maximum atomic E-state index is 13.5. The van der Waals surface area contributed by atoms with Crippen LogP contribution in [0.5, 0.6) is 0 Å². The molecular weight excluding hydrogens is 309 g/mol. The normalized spacial score (nSPS) is 10.8. The number of nitrogens with one attached hydrogen (secondary N) is 1. The molecule has 3 rings (SSSR count). The Kier molecular flexibility index (Phi) is 4.42. The summed E-state index contributed by atoms with van der Waals surface area (Å²) in [5.74, 6) is -0.852. The minimum absolute atomic E-state index is 0.0510. The Morgan fingerprint density at radius 1 is 1.17 bits per heavy atom. The first-order valence-electron chi connectivity index (χ1n) is 7.61. The largest absolute Gasteiger partial charge is 0.451 e. The highest BCUT2D eigenvalue weighted by Crippen LogP contribution is 2.14. The number of hydrogen-bond acceptors (Lipinski definition) is 3. The number of halogens is 1. The molecule has 2 aromatic carbocycles. The van der Waals surface area contributed by atoms with Crippen molar-refractivity contribution in [3.63, 3.8) is 0 Å². The fourth-order valence-electron chi connectivity index (χ4n) is 2.48. The molecule has 0 aliphatic carbocycles. The van der Waals surface area contributed by atoms with Crippen molar-refractivity contribution in [2.75, 3.05) is 6.54 Å². The van der Waals surface area contributed by atoms with Gasteiger partial charge in [-0.2, -0.15) is 0 Å². The van der Waals surface area contributed by atoms with Crippen LogP contribution in [0.25, 0.3) is 11.0 Å². The molecule has 24 heavy (non-hydrogen) atoms. The van der Waals surface area contributed by atoms with Gasteiger partial charge in [-0.3, -0.25) is 9.59 Å². The molecule has 1 amide bonds. The van der Waals surface area contributed by atoms with E-state index in [1.807, 2.05) is 13.0 Å². The molecule has 0 unspecified atom stereocenters. The lowest BCUT2D eigenvalue weighted by Gasteiger charge is -2.06. The maximum absolute atomic E-state index is 13.5. The average molecular weight is 325 g/mol. The highest BCUT2D eigenvalue weighted by Gasteiger charge is 2.12. The number of aryl methyl sites for hydroxylation is 1. The number of benzene rings is 2. The van der Waals surface area contributed by atoms with Crippen molar-refractivity contribution in [3.8, 4) is 0 Å². The van der Waals surface area contributed by atoms with E-state index in [1.54, 1.807) is 30.3 Å². The highest BCUT2D eigenvalue weighted by molar-refractivity contribution is 5.93. The van der Waals surface area contributed by atoms with Crippen molar-refractivity contribution < 1.29 is 13.6 Å². The molecule has 0 spiro atoms. The van der Waals surface area contributed by atoms with Crippen LogP contribution in [0.3, 0.4) is 0 Å². The minimum Gasteiger partial charge on any atom is -0.451 e.